The lowest BCUT2D eigenvalue weighted by atomic mass is 10.0. The zero-order valence-electron chi connectivity index (χ0n) is 12.4. The van der Waals surface area contributed by atoms with Crippen LogP contribution < -0.4 is 11.1 Å². The van der Waals surface area contributed by atoms with E-state index in [0.29, 0.717) is 0 Å². The molecule has 6 nitrogen and oxygen atoms in total. The Balaban J connectivity index is 1.86. The largest absolute Gasteiger partial charge is 0.409 e. The molecule has 0 saturated carbocycles. The highest BCUT2D eigenvalue weighted by Gasteiger charge is 2.04. The third kappa shape index (κ3) is 4.06. The first-order valence-corrected chi connectivity index (χ1v) is 6.87. The molecule has 0 atom stereocenters. The molecule has 1 aromatic heterocycles. The Morgan fingerprint density at radius 3 is 2.86 bits per heavy atom. The van der Waals surface area contributed by atoms with Crippen LogP contribution in [0.3, 0.4) is 0 Å². The van der Waals surface area contributed by atoms with Crippen molar-refractivity contribution in [3.8, 4) is 0 Å². The topological polar surface area (TPSA) is 88.5 Å². The van der Waals surface area contributed by atoms with Crippen molar-refractivity contribution in [3.63, 3.8) is 0 Å². The van der Waals surface area contributed by atoms with Crippen LogP contribution >= 0.6 is 0 Å². The Kier molecular flexibility index (Phi) is 4.94. The maximum absolute atomic E-state index is 8.67. The molecule has 1 aromatic carbocycles. The van der Waals surface area contributed by atoms with Gasteiger partial charge in [-0.1, -0.05) is 17.3 Å². The molecule has 21 heavy (non-hydrogen) atoms. The number of aromatic nitrogens is 2. The molecule has 0 radical (unpaired) electrons. The molecule has 0 spiro atoms. The van der Waals surface area contributed by atoms with Crippen molar-refractivity contribution in [2.24, 2.45) is 17.9 Å². The molecule has 0 saturated heterocycles. The monoisotopic (exact) mass is 287 g/mol. The molecular formula is C15H21N5O. The quantitative estimate of drug-likeness (QED) is 0.244. The van der Waals surface area contributed by atoms with Gasteiger partial charge in [-0.25, -0.2) is 0 Å². The highest BCUT2D eigenvalue weighted by Crippen LogP contribution is 2.11. The second-order valence-electron chi connectivity index (χ2n) is 5.03. The highest BCUT2D eigenvalue weighted by atomic mass is 16.4. The molecule has 0 bridgehead atoms. The van der Waals surface area contributed by atoms with Gasteiger partial charge in [-0.3, -0.25) is 4.68 Å². The molecule has 2 aromatic rings. The fraction of sp³-hybridized carbons (Fsp3) is 0.333. The van der Waals surface area contributed by atoms with E-state index in [1.165, 1.54) is 5.56 Å². The molecule has 0 aliphatic heterocycles. The van der Waals surface area contributed by atoms with E-state index in [0.717, 1.165) is 36.3 Å². The van der Waals surface area contributed by atoms with E-state index < -0.39 is 0 Å². The number of nitrogens with one attached hydrogen (secondary N) is 1. The number of benzene rings is 1. The number of hydrogen-bond acceptors (Lipinski definition) is 4. The summed E-state index contributed by atoms with van der Waals surface area (Å²) in [7, 11) is 1.92. The van der Waals surface area contributed by atoms with E-state index in [1.54, 1.807) is 0 Å². The van der Waals surface area contributed by atoms with Gasteiger partial charge in [-0.15, -0.1) is 0 Å². The third-order valence-electron chi connectivity index (χ3n) is 3.39. The third-order valence-corrected chi connectivity index (χ3v) is 3.39. The van der Waals surface area contributed by atoms with Gasteiger partial charge < -0.3 is 16.3 Å². The van der Waals surface area contributed by atoms with Crippen molar-refractivity contribution in [1.29, 1.82) is 0 Å². The summed E-state index contributed by atoms with van der Waals surface area (Å²) in [5, 5.41) is 19.4. The number of aryl methyl sites for hydroxylation is 2. The van der Waals surface area contributed by atoms with Crippen LogP contribution in [0.2, 0.25) is 0 Å². The normalized spacial score (nSPS) is 11.8. The number of nitrogens with zero attached hydrogens (tertiary/aromatic N) is 3. The minimum atomic E-state index is 0.132. The number of hydrogen-bond donors (Lipinski definition) is 3. The summed E-state index contributed by atoms with van der Waals surface area (Å²) >= 11 is 0. The van der Waals surface area contributed by atoms with E-state index in [1.807, 2.05) is 49.1 Å². The molecule has 2 rings (SSSR count). The van der Waals surface area contributed by atoms with Crippen LogP contribution in [0.5, 0.6) is 0 Å². The summed E-state index contributed by atoms with van der Waals surface area (Å²) in [5.41, 5.74) is 9.71. The van der Waals surface area contributed by atoms with E-state index in [9.17, 15) is 0 Å². The van der Waals surface area contributed by atoms with E-state index in [-0.39, 0.29) is 5.84 Å². The molecule has 0 aliphatic rings. The van der Waals surface area contributed by atoms with Gasteiger partial charge in [-0.2, -0.15) is 5.10 Å². The molecule has 0 fully saturated rings. The number of oxime groups is 1. The molecule has 0 amide bonds. The maximum atomic E-state index is 8.67. The lowest BCUT2D eigenvalue weighted by Gasteiger charge is -2.09. The lowest BCUT2D eigenvalue weighted by Crippen LogP contribution is -2.18. The Morgan fingerprint density at radius 2 is 2.24 bits per heavy atom. The van der Waals surface area contributed by atoms with E-state index in [2.05, 4.69) is 15.6 Å². The van der Waals surface area contributed by atoms with Gasteiger partial charge in [-0.05, 0) is 30.2 Å². The highest BCUT2D eigenvalue weighted by molar-refractivity contribution is 5.97. The van der Waals surface area contributed by atoms with E-state index in [4.69, 9.17) is 10.9 Å². The molecule has 6 heteroatoms. The summed E-state index contributed by atoms with van der Waals surface area (Å²) < 4.78 is 1.81. The summed E-state index contributed by atoms with van der Waals surface area (Å²) in [6.07, 6.45) is 2.85. The number of rotatable bonds is 6. The smallest absolute Gasteiger partial charge is 0.170 e. The van der Waals surface area contributed by atoms with Crippen molar-refractivity contribution in [1.82, 2.24) is 15.1 Å². The number of amidine groups is 1. The molecule has 1 heterocycles. The predicted molar refractivity (Wildman–Crippen MR) is 82.3 cm³/mol. The predicted octanol–water partition coefficient (Wildman–Crippen LogP) is 1.16. The average molecular weight is 287 g/mol. The van der Waals surface area contributed by atoms with Gasteiger partial charge in [0, 0.05) is 38.3 Å². The Labute approximate surface area is 124 Å². The van der Waals surface area contributed by atoms with Gasteiger partial charge in [0.25, 0.3) is 0 Å². The first kappa shape index (κ1) is 15.1. The maximum Gasteiger partial charge on any atom is 0.170 e. The first-order valence-electron chi connectivity index (χ1n) is 6.87. The van der Waals surface area contributed by atoms with E-state index >= 15 is 0 Å². The van der Waals surface area contributed by atoms with Gasteiger partial charge >= 0.3 is 0 Å². The van der Waals surface area contributed by atoms with Gasteiger partial charge in [0.1, 0.15) is 0 Å². The van der Waals surface area contributed by atoms with Gasteiger partial charge in [0.2, 0.25) is 0 Å². The molecule has 112 valence electrons. The second-order valence-corrected chi connectivity index (χ2v) is 5.03. The van der Waals surface area contributed by atoms with Crippen molar-refractivity contribution < 1.29 is 5.21 Å². The van der Waals surface area contributed by atoms with Crippen molar-refractivity contribution in [3.05, 3.63) is 52.8 Å². The Hall–Kier alpha value is -2.34. The van der Waals surface area contributed by atoms with Crippen molar-refractivity contribution in [2.45, 2.75) is 19.9 Å². The van der Waals surface area contributed by atoms with Crippen LogP contribution in [0.4, 0.5) is 0 Å². The van der Waals surface area contributed by atoms with Gasteiger partial charge in [0.15, 0.2) is 5.84 Å². The van der Waals surface area contributed by atoms with Crippen molar-refractivity contribution in [2.75, 3.05) is 6.54 Å². The fourth-order valence-electron chi connectivity index (χ4n) is 2.15. The molecule has 0 aliphatic carbocycles. The Bertz CT molecular complexity index is 633. The standard InChI is InChI=1S/C15H21N5O/c1-11-9-12(15(16)19-21)3-4-13(11)10-17-7-5-14-6-8-20(2)18-14/h3-4,6,8-9,17,21H,5,7,10H2,1-2H3,(H2,16,19). The minimum Gasteiger partial charge on any atom is -0.409 e. The zero-order valence-corrected chi connectivity index (χ0v) is 12.4. The van der Waals surface area contributed by atoms with Crippen LogP contribution in [0, 0.1) is 6.92 Å². The number of nitrogens with two attached hydrogens (primary N) is 1. The van der Waals surface area contributed by atoms with Crippen LogP contribution in [0.15, 0.2) is 35.6 Å². The Morgan fingerprint density at radius 1 is 1.43 bits per heavy atom. The second kappa shape index (κ2) is 6.90. The van der Waals surface area contributed by atoms with Crippen molar-refractivity contribution >= 4 is 5.84 Å². The molecular weight excluding hydrogens is 266 g/mol. The lowest BCUT2D eigenvalue weighted by molar-refractivity contribution is 0.318. The fourth-order valence-corrected chi connectivity index (χ4v) is 2.15. The van der Waals surface area contributed by atoms with Crippen LogP contribution in [-0.2, 0) is 20.0 Å². The van der Waals surface area contributed by atoms with Crippen LogP contribution in [0.1, 0.15) is 22.4 Å². The SMILES string of the molecule is Cc1cc(/C(N)=N/O)ccc1CNCCc1ccn(C)n1. The van der Waals surface area contributed by atoms with Gasteiger partial charge in [0.05, 0.1) is 5.69 Å². The summed E-state index contributed by atoms with van der Waals surface area (Å²) in [4.78, 5) is 0. The van der Waals surface area contributed by atoms with Crippen LogP contribution in [-0.4, -0.2) is 27.4 Å². The zero-order chi connectivity index (χ0) is 15.2. The van der Waals surface area contributed by atoms with Crippen LogP contribution in [0.25, 0.3) is 0 Å². The minimum absolute atomic E-state index is 0.132. The summed E-state index contributed by atoms with van der Waals surface area (Å²) in [5.74, 6) is 0.132. The molecule has 4 N–H and O–H groups in total. The summed E-state index contributed by atoms with van der Waals surface area (Å²) in [6, 6.07) is 7.80. The summed E-state index contributed by atoms with van der Waals surface area (Å²) in [6.45, 7) is 3.68. The average Bonchev–Trinajstić information content (AvgIpc) is 2.89. The molecule has 0 unspecified atom stereocenters. The first-order chi connectivity index (χ1) is 10.1.